The zero-order chi connectivity index (χ0) is 21.5. The molecule has 156 valence electrons. The number of carbonyl (C=O) groups is 2. The maximum atomic E-state index is 12.7. The first-order valence-electron chi connectivity index (χ1n) is 9.91. The van der Waals surface area contributed by atoms with Crippen LogP contribution in [-0.4, -0.2) is 34.4 Å². The largest absolute Gasteiger partial charge is 0.479 e. The van der Waals surface area contributed by atoms with Crippen LogP contribution in [0.4, 0.5) is 10.8 Å². The number of ether oxygens (including phenoxy) is 1. The van der Waals surface area contributed by atoms with Crippen LogP contribution in [0.2, 0.25) is 0 Å². The Hall–Kier alpha value is -3.65. The molecule has 0 radical (unpaired) electrons. The number of anilines is 2. The lowest BCUT2D eigenvalue weighted by atomic mass is 10.1. The molecule has 5 rings (SSSR count). The minimum Gasteiger partial charge on any atom is -0.479 e. The van der Waals surface area contributed by atoms with Crippen molar-refractivity contribution in [3.63, 3.8) is 0 Å². The van der Waals surface area contributed by atoms with E-state index in [1.807, 2.05) is 42.6 Å². The summed E-state index contributed by atoms with van der Waals surface area (Å²) in [6.45, 7) is 3.58. The fourth-order valence-electron chi connectivity index (χ4n) is 3.88. The van der Waals surface area contributed by atoms with Gasteiger partial charge in [-0.05, 0) is 32.0 Å². The summed E-state index contributed by atoms with van der Waals surface area (Å²) in [4.78, 5) is 34.8. The van der Waals surface area contributed by atoms with E-state index in [2.05, 4.69) is 21.4 Å². The van der Waals surface area contributed by atoms with Gasteiger partial charge in [0, 0.05) is 27.5 Å². The van der Waals surface area contributed by atoms with E-state index in [0.717, 1.165) is 27.9 Å². The second-order valence-corrected chi connectivity index (χ2v) is 8.27. The number of benzene rings is 2. The lowest BCUT2D eigenvalue weighted by Crippen LogP contribution is -2.47. The molecule has 31 heavy (non-hydrogen) atoms. The van der Waals surface area contributed by atoms with Gasteiger partial charge in [0.1, 0.15) is 12.3 Å². The zero-order valence-corrected chi connectivity index (χ0v) is 17.8. The molecule has 2 aromatic heterocycles. The normalized spacial score (nSPS) is 15.6. The van der Waals surface area contributed by atoms with E-state index in [4.69, 9.17) is 4.74 Å². The Morgan fingerprint density at radius 3 is 2.87 bits per heavy atom. The van der Waals surface area contributed by atoms with Gasteiger partial charge in [-0.15, -0.1) is 11.3 Å². The van der Waals surface area contributed by atoms with Gasteiger partial charge in [-0.25, -0.2) is 4.98 Å². The van der Waals surface area contributed by atoms with Crippen LogP contribution in [0.1, 0.15) is 12.6 Å². The Morgan fingerprint density at radius 2 is 2.00 bits per heavy atom. The molecule has 1 atom stereocenters. The number of carbonyl (C=O) groups excluding carboxylic acids is 2. The summed E-state index contributed by atoms with van der Waals surface area (Å²) >= 11 is 1.36. The first-order chi connectivity index (χ1) is 15.0. The van der Waals surface area contributed by atoms with Crippen LogP contribution in [0.5, 0.6) is 5.75 Å². The number of para-hydroxylation sites is 3. The highest BCUT2D eigenvalue weighted by Crippen LogP contribution is 2.35. The Labute approximate surface area is 182 Å². The van der Waals surface area contributed by atoms with Crippen molar-refractivity contribution >= 4 is 44.9 Å². The van der Waals surface area contributed by atoms with E-state index in [-0.39, 0.29) is 18.4 Å². The lowest BCUT2D eigenvalue weighted by molar-refractivity contribution is -0.127. The number of aromatic nitrogens is 2. The second kappa shape index (κ2) is 7.55. The molecule has 2 aromatic carbocycles. The van der Waals surface area contributed by atoms with E-state index in [1.165, 1.54) is 16.2 Å². The van der Waals surface area contributed by atoms with Crippen LogP contribution in [-0.2, 0) is 9.59 Å². The highest BCUT2D eigenvalue weighted by atomic mass is 32.1. The average molecular weight is 433 g/mol. The molecule has 4 aromatic rings. The van der Waals surface area contributed by atoms with Crippen molar-refractivity contribution < 1.29 is 14.3 Å². The zero-order valence-electron chi connectivity index (χ0n) is 17.0. The van der Waals surface area contributed by atoms with Crippen LogP contribution >= 0.6 is 11.3 Å². The monoisotopic (exact) mass is 432 g/mol. The van der Waals surface area contributed by atoms with E-state index in [1.54, 1.807) is 19.1 Å². The van der Waals surface area contributed by atoms with Crippen molar-refractivity contribution in [1.82, 2.24) is 9.97 Å². The number of amides is 2. The number of thiazole rings is 1. The van der Waals surface area contributed by atoms with Crippen molar-refractivity contribution in [2.75, 3.05) is 16.8 Å². The van der Waals surface area contributed by atoms with Crippen LogP contribution in [0.15, 0.2) is 53.9 Å². The number of nitrogens with one attached hydrogen (secondary N) is 2. The van der Waals surface area contributed by atoms with Crippen LogP contribution in [0.3, 0.4) is 0 Å². The fourth-order valence-corrected chi connectivity index (χ4v) is 4.59. The van der Waals surface area contributed by atoms with Gasteiger partial charge in [-0.1, -0.05) is 30.3 Å². The summed E-state index contributed by atoms with van der Waals surface area (Å²) in [6.07, 6.45) is -0.640. The van der Waals surface area contributed by atoms with E-state index >= 15 is 0 Å². The predicted octanol–water partition coefficient (Wildman–Crippen LogP) is 4.35. The van der Waals surface area contributed by atoms with E-state index < -0.39 is 6.10 Å². The van der Waals surface area contributed by atoms with Crippen molar-refractivity contribution in [3.05, 3.63) is 59.6 Å². The molecular weight excluding hydrogens is 412 g/mol. The summed E-state index contributed by atoms with van der Waals surface area (Å²) in [5, 5.41) is 6.34. The van der Waals surface area contributed by atoms with Gasteiger partial charge >= 0.3 is 0 Å². The predicted molar refractivity (Wildman–Crippen MR) is 122 cm³/mol. The number of nitrogens with zero attached hydrogens (tertiary/aromatic N) is 2. The molecule has 3 heterocycles. The molecule has 0 spiro atoms. The van der Waals surface area contributed by atoms with Gasteiger partial charge in [0.25, 0.3) is 5.91 Å². The Morgan fingerprint density at radius 1 is 1.23 bits per heavy atom. The second-order valence-electron chi connectivity index (χ2n) is 7.41. The van der Waals surface area contributed by atoms with Crippen molar-refractivity contribution in [2.24, 2.45) is 0 Å². The Bertz CT molecular complexity index is 1310. The number of H-pyrrole nitrogens is 1. The lowest BCUT2D eigenvalue weighted by Gasteiger charge is -2.32. The third-order valence-corrected chi connectivity index (χ3v) is 6.03. The standard InChI is InChI=1S/C23H20N4O3S/c1-13-21(15-7-3-4-8-16(15)24-13)17-12-31-23(25-17)26-20(28)11-27-18-9-5-6-10-19(18)30-14(2)22(27)29/h3-10,12,14,24H,11H2,1-2H3,(H,25,26,28)/t14-/m1/s1. The summed E-state index contributed by atoms with van der Waals surface area (Å²) < 4.78 is 5.63. The molecule has 0 saturated heterocycles. The number of aromatic amines is 1. The highest BCUT2D eigenvalue weighted by Gasteiger charge is 2.32. The van der Waals surface area contributed by atoms with Gasteiger partial charge < -0.3 is 15.0 Å². The van der Waals surface area contributed by atoms with Gasteiger partial charge in [0.05, 0.1) is 11.4 Å². The van der Waals surface area contributed by atoms with Gasteiger partial charge in [-0.2, -0.15) is 0 Å². The molecule has 0 unspecified atom stereocenters. The van der Waals surface area contributed by atoms with Gasteiger partial charge in [0.15, 0.2) is 11.2 Å². The number of hydrogen-bond acceptors (Lipinski definition) is 5. The summed E-state index contributed by atoms with van der Waals surface area (Å²) in [7, 11) is 0. The van der Waals surface area contributed by atoms with Gasteiger partial charge in [0.2, 0.25) is 5.91 Å². The molecule has 2 N–H and O–H groups in total. The highest BCUT2D eigenvalue weighted by molar-refractivity contribution is 7.14. The third-order valence-electron chi connectivity index (χ3n) is 5.28. The van der Waals surface area contributed by atoms with Crippen LogP contribution < -0.4 is 15.0 Å². The first-order valence-corrected chi connectivity index (χ1v) is 10.8. The SMILES string of the molecule is Cc1[nH]c2ccccc2c1-c1csc(NC(=O)CN2C(=O)[C@@H](C)Oc3ccccc32)n1. The fraction of sp³-hybridized carbons (Fsp3) is 0.174. The molecule has 1 aliphatic heterocycles. The van der Waals surface area contributed by atoms with E-state index in [0.29, 0.717) is 16.6 Å². The molecule has 0 fully saturated rings. The molecule has 7 nitrogen and oxygen atoms in total. The topological polar surface area (TPSA) is 87.3 Å². The smallest absolute Gasteiger partial charge is 0.268 e. The molecule has 0 saturated carbocycles. The number of fused-ring (bicyclic) bond motifs is 2. The summed E-state index contributed by atoms with van der Waals surface area (Å²) in [5.74, 6) is 0.0330. The minimum atomic E-state index is -0.640. The summed E-state index contributed by atoms with van der Waals surface area (Å²) in [5.41, 5.74) is 4.49. The number of aryl methyl sites for hydroxylation is 1. The molecule has 0 aliphatic carbocycles. The Kier molecular flexibility index (Phi) is 4.71. The Balaban J connectivity index is 1.36. The molecule has 0 bridgehead atoms. The number of rotatable bonds is 4. The number of hydrogen-bond donors (Lipinski definition) is 2. The van der Waals surface area contributed by atoms with Crippen molar-refractivity contribution in [3.8, 4) is 17.0 Å². The first kappa shape index (κ1) is 19.3. The molecule has 2 amide bonds. The van der Waals surface area contributed by atoms with Crippen molar-refractivity contribution in [1.29, 1.82) is 0 Å². The summed E-state index contributed by atoms with van der Waals surface area (Å²) in [6, 6.07) is 15.3. The maximum absolute atomic E-state index is 12.7. The van der Waals surface area contributed by atoms with E-state index in [9.17, 15) is 9.59 Å². The molecule has 8 heteroatoms. The molecule has 1 aliphatic rings. The van der Waals surface area contributed by atoms with Crippen LogP contribution in [0.25, 0.3) is 22.2 Å². The van der Waals surface area contributed by atoms with Crippen molar-refractivity contribution in [2.45, 2.75) is 20.0 Å². The van der Waals surface area contributed by atoms with Gasteiger partial charge in [-0.3, -0.25) is 14.5 Å². The average Bonchev–Trinajstić information content (AvgIpc) is 3.34. The quantitative estimate of drug-likeness (QED) is 0.502. The molecular formula is C23H20N4O3S. The third kappa shape index (κ3) is 3.44. The maximum Gasteiger partial charge on any atom is 0.268 e. The van der Waals surface area contributed by atoms with Crippen LogP contribution in [0, 0.1) is 6.92 Å². The minimum absolute atomic E-state index is 0.107.